The van der Waals surface area contributed by atoms with Crippen LogP contribution in [0.15, 0.2) is 21.7 Å². The highest BCUT2D eigenvalue weighted by Crippen LogP contribution is 2.32. The van der Waals surface area contributed by atoms with Gasteiger partial charge in [-0.2, -0.15) is 0 Å². The van der Waals surface area contributed by atoms with Crippen molar-refractivity contribution in [3.63, 3.8) is 0 Å². The number of carboxylic acids is 1. The molecule has 0 atom stereocenters. The Bertz CT molecular complexity index is 1140. The van der Waals surface area contributed by atoms with Crippen molar-refractivity contribution in [2.24, 2.45) is 0 Å². The van der Waals surface area contributed by atoms with E-state index in [1.165, 1.54) is 17.4 Å². The average Bonchev–Trinajstić information content (AvgIpc) is 3.30. The van der Waals surface area contributed by atoms with E-state index in [1.807, 2.05) is 0 Å². The first kappa shape index (κ1) is 26.2. The quantitative estimate of drug-likeness (QED) is 0.579. The minimum atomic E-state index is -0.980. The van der Waals surface area contributed by atoms with Crippen molar-refractivity contribution in [2.45, 2.75) is 76.4 Å². The van der Waals surface area contributed by atoms with Crippen LogP contribution in [-0.2, 0) is 11.3 Å². The van der Waals surface area contributed by atoms with Gasteiger partial charge >= 0.3 is 11.7 Å². The van der Waals surface area contributed by atoms with Crippen molar-refractivity contribution < 1.29 is 14.3 Å². The number of aromatic nitrogens is 2. The summed E-state index contributed by atoms with van der Waals surface area (Å²) in [4.78, 5) is 39.2. The molecule has 1 aromatic heterocycles. The zero-order valence-electron chi connectivity index (χ0n) is 19.6. The van der Waals surface area contributed by atoms with Gasteiger partial charge in [0.05, 0.1) is 23.1 Å². The van der Waals surface area contributed by atoms with Crippen LogP contribution in [0.3, 0.4) is 0 Å². The summed E-state index contributed by atoms with van der Waals surface area (Å²) in [6.07, 6.45) is 9.09. The Morgan fingerprint density at radius 1 is 1.12 bits per heavy atom. The van der Waals surface area contributed by atoms with Gasteiger partial charge in [0.1, 0.15) is 5.82 Å². The van der Waals surface area contributed by atoms with Crippen LogP contribution in [0.2, 0.25) is 0 Å². The molecule has 2 fully saturated rings. The van der Waals surface area contributed by atoms with Crippen molar-refractivity contribution in [3.05, 3.63) is 38.8 Å². The molecule has 0 saturated heterocycles. The highest BCUT2D eigenvalue weighted by molar-refractivity contribution is 5.85. The molecule has 34 heavy (non-hydrogen) atoms. The fourth-order valence-electron chi connectivity index (χ4n) is 5.27. The van der Waals surface area contributed by atoms with E-state index in [0.717, 1.165) is 55.9 Å². The molecule has 1 aromatic carbocycles. The first-order valence-corrected chi connectivity index (χ1v) is 12.0. The molecule has 2 aliphatic carbocycles. The van der Waals surface area contributed by atoms with Gasteiger partial charge < -0.3 is 10.4 Å². The summed E-state index contributed by atoms with van der Waals surface area (Å²) >= 11 is 0. The summed E-state index contributed by atoms with van der Waals surface area (Å²) in [5, 5.41) is 12.5. The lowest BCUT2D eigenvalue weighted by Crippen LogP contribution is -2.43. The molecular weight excluding hydrogens is 463 g/mol. The standard InChI is InChI=1S/C24H33FN4O4.ClH/c1-27(15-22(30)31)11-12-28-23(32)18-13-19(25)20(26-16-7-3-2-4-8-16)14-21(18)29(24(28)33)17-9-5-6-10-17;/h13-14,16-17,26H,2-12,15H2,1H3,(H,30,31);1H. The molecule has 4 rings (SSSR count). The number of aliphatic carboxylic acids is 1. The molecule has 1 heterocycles. The molecule has 0 aliphatic heterocycles. The van der Waals surface area contributed by atoms with Crippen LogP contribution in [0.1, 0.15) is 63.8 Å². The molecule has 2 aromatic rings. The number of nitrogens with zero attached hydrogens (tertiary/aromatic N) is 3. The number of anilines is 1. The zero-order valence-corrected chi connectivity index (χ0v) is 20.4. The van der Waals surface area contributed by atoms with Crippen molar-refractivity contribution in [1.29, 1.82) is 0 Å². The largest absolute Gasteiger partial charge is 0.480 e. The fourth-order valence-corrected chi connectivity index (χ4v) is 5.27. The maximum atomic E-state index is 15.1. The van der Waals surface area contributed by atoms with Gasteiger partial charge in [0.25, 0.3) is 5.56 Å². The second kappa shape index (κ2) is 11.4. The van der Waals surface area contributed by atoms with E-state index in [-0.39, 0.29) is 49.5 Å². The van der Waals surface area contributed by atoms with E-state index < -0.39 is 23.0 Å². The van der Waals surface area contributed by atoms with Crippen LogP contribution >= 0.6 is 12.4 Å². The van der Waals surface area contributed by atoms with Crippen LogP contribution in [0.5, 0.6) is 0 Å². The normalized spacial score (nSPS) is 17.3. The van der Waals surface area contributed by atoms with Crippen LogP contribution in [-0.4, -0.2) is 51.3 Å². The van der Waals surface area contributed by atoms with Gasteiger partial charge in [-0.3, -0.25) is 23.6 Å². The summed E-state index contributed by atoms with van der Waals surface area (Å²) in [5.74, 6) is -1.47. The van der Waals surface area contributed by atoms with E-state index in [1.54, 1.807) is 17.7 Å². The molecule has 2 N–H and O–H groups in total. The number of nitrogens with one attached hydrogen (secondary N) is 1. The molecule has 10 heteroatoms. The highest BCUT2D eigenvalue weighted by atomic mass is 35.5. The number of hydrogen-bond donors (Lipinski definition) is 2. The topological polar surface area (TPSA) is 96.6 Å². The Balaban J connectivity index is 0.00000324. The van der Waals surface area contributed by atoms with Gasteiger partial charge in [0, 0.05) is 25.2 Å². The third kappa shape index (κ3) is 5.63. The number of fused-ring (bicyclic) bond motifs is 1. The molecule has 0 bridgehead atoms. The second-order valence-corrected chi connectivity index (χ2v) is 9.51. The Labute approximate surface area is 204 Å². The SMILES string of the molecule is CN(CCn1c(=O)c2cc(F)c(NC3CCCCC3)cc2n(C2CCCC2)c1=O)CC(=O)O.Cl. The first-order valence-electron chi connectivity index (χ1n) is 12.0. The van der Waals surface area contributed by atoms with E-state index in [4.69, 9.17) is 5.11 Å². The van der Waals surface area contributed by atoms with Gasteiger partial charge in [0.2, 0.25) is 0 Å². The summed E-state index contributed by atoms with van der Waals surface area (Å²) in [7, 11) is 1.62. The number of hydrogen-bond acceptors (Lipinski definition) is 5. The first-order chi connectivity index (χ1) is 15.8. The minimum absolute atomic E-state index is 0. The van der Waals surface area contributed by atoms with Gasteiger partial charge in [-0.25, -0.2) is 9.18 Å². The molecule has 0 spiro atoms. The average molecular weight is 497 g/mol. The summed E-state index contributed by atoms with van der Waals surface area (Å²) in [6, 6.07) is 3.06. The predicted molar refractivity (Wildman–Crippen MR) is 133 cm³/mol. The molecule has 0 amide bonds. The zero-order chi connectivity index (χ0) is 23.5. The number of carbonyl (C=O) groups is 1. The van der Waals surface area contributed by atoms with Gasteiger partial charge in [-0.15, -0.1) is 12.4 Å². The third-order valence-electron chi connectivity index (χ3n) is 7.02. The number of carboxylic acid groups (broad SMARTS) is 1. The molecule has 0 radical (unpaired) electrons. The highest BCUT2D eigenvalue weighted by Gasteiger charge is 2.25. The van der Waals surface area contributed by atoms with Crippen molar-refractivity contribution >= 4 is 35.0 Å². The Hall–Kier alpha value is -2.39. The third-order valence-corrected chi connectivity index (χ3v) is 7.02. The van der Waals surface area contributed by atoms with E-state index in [9.17, 15) is 14.4 Å². The molecular formula is C24H34ClFN4O4. The predicted octanol–water partition coefficient (Wildman–Crippen LogP) is 3.60. The summed E-state index contributed by atoms with van der Waals surface area (Å²) in [5.41, 5.74) is -0.111. The van der Waals surface area contributed by atoms with Crippen molar-refractivity contribution in [1.82, 2.24) is 14.0 Å². The molecule has 2 saturated carbocycles. The maximum Gasteiger partial charge on any atom is 0.331 e. The number of benzene rings is 1. The van der Waals surface area contributed by atoms with Gasteiger partial charge in [-0.05, 0) is 44.9 Å². The van der Waals surface area contributed by atoms with Crippen LogP contribution in [0.25, 0.3) is 10.9 Å². The summed E-state index contributed by atoms with van der Waals surface area (Å²) < 4.78 is 17.9. The summed E-state index contributed by atoms with van der Waals surface area (Å²) in [6.45, 7) is 0.0825. The Morgan fingerprint density at radius 3 is 2.41 bits per heavy atom. The lowest BCUT2D eigenvalue weighted by atomic mass is 9.95. The van der Waals surface area contributed by atoms with E-state index in [0.29, 0.717) is 11.2 Å². The van der Waals surface area contributed by atoms with E-state index in [2.05, 4.69) is 5.32 Å². The minimum Gasteiger partial charge on any atom is -0.480 e. The van der Waals surface area contributed by atoms with E-state index >= 15 is 4.39 Å². The molecule has 188 valence electrons. The van der Waals surface area contributed by atoms with Gasteiger partial charge in [0.15, 0.2) is 0 Å². The number of likely N-dealkylation sites (N-methyl/N-ethyl adjacent to an activating group) is 1. The Kier molecular flexibility index (Phi) is 8.76. The molecule has 2 aliphatic rings. The monoisotopic (exact) mass is 496 g/mol. The molecule has 0 unspecified atom stereocenters. The lowest BCUT2D eigenvalue weighted by Gasteiger charge is -2.25. The van der Waals surface area contributed by atoms with Crippen molar-refractivity contribution in [3.8, 4) is 0 Å². The smallest absolute Gasteiger partial charge is 0.331 e. The Morgan fingerprint density at radius 2 is 1.76 bits per heavy atom. The van der Waals surface area contributed by atoms with Crippen LogP contribution < -0.4 is 16.6 Å². The number of rotatable bonds is 8. The van der Waals surface area contributed by atoms with Crippen LogP contribution in [0, 0.1) is 5.82 Å². The second-order valence-electron chi connectivity index (χ2n) is 9.51. The molecule has 8 nitrogen and oxygen atoms in total. The van der Waals surface area contributed by atoms with Gasteiger partial charge in [-0.1, -0.05) is 32.1 Å². The maximum absolute atomic E-state index is 15.1. The van der Waals surface area contributed by atoms with Crippen LogP contribution in [0.4, 0.5) is 10.1 Å². The fraction of sp³-hybridized carbons (Fsp3) is 0.625. The lowest BCUT2D eigenvalue weighted by molar-refractivity contribution is -0.138. The van der Waals surface area contributed by atoms with Crippen molar-refractivity contribution in [2.75, 3.05) is 25.5 Å². The number of halogens is 2.